The summed E-state index contributed by atoms with van der Waals surface area (Å²) in [6.07, 6.45) is 3.52. The van der Waals surface area contributed by atoms with Crippen molar-refractivity contribution in [3.8, 4) is 5.82 Å². The molecule has 2 rings (SSSR count). The van der Waals surface area contributed by atoms with Crippen molar-refractivity contribution in [2.75, 3.05) is 19.8 Å². The van der Waals surface area contributed by atoms with E-state index in [1.54, 1.807) is 35.7 Å². The van der Waals surface area contributed by atoms with Gasteiger partial charge in [0.25, 0.3) is 5.91 Å². The summed E-state index contributed by atoms with van der Waals surface area (Å²) in [7, 11) is 5.21. The molecule has 2 aromatic heterocycles. The van der Waals surface area contributed by atoms with Crippen molar-refractivity contribution in [2.24, 2.45) is 7.05 Å². The Morgan fingerprint density at radius 3 is 2.70 bits per heavy atom. The van der Waals surface area contributed by atoms with Crippen LogP contribution in [-0.2, 0) is 13.5 Å². The minimum atomic E-state index is -0.140. The van der Waals surface area contributed by atoms with Crippen LogP contribution in [0.25, 0.3) is 5.82 Å². The van der Waals surface area contributed by atoms with Gasteiger partial charge in [-0.05, 0) is 12.5 Å². The minimum Gasteiger partial charge on any atom is -0.394 e. The van der Waals surface area contributed by atoms with Crippen LogP contribution < -0.4 is 5.73 Å². The summed E-state index contributed by atoms with van der Waals surface area (Å²) in [5.41, 5.74) is 7.98. The Kier molecular flexibility index (Phi) is 3.78. The molecule has 0 saturated heterocycles. The van der Waals surface area contributed by atoms with E-state index in [4.69, 9.17) is 5.73 Å². The lowest BCUT2D eigenvalue weighted by atomic mass is 10.2. The summed E-state index contributed by atoms with van der Waals surface area (Å²) in [6, 6.07) is 1.67. The fourth-order valence-electron chi connectivity index (χ4n) is 2.06. The summed E-state index contributed by atoms with van der Waals surface area (Å²) in [5.74, 6) is 0.546. The summed E-state index contributed by atoms with van der Waals surface area (Å²) >= 11 is 0. The normalized spacial score (nSPS) is 10.8. The number of rotatable bonds is 4. The molecule has 0 spiro atoms. The standard InChI is InChI=1S/C13H20N6O/c1-5-6-9-11(14)12(18(4)15-9)19-8-7-10(16-19)13(20)17(2)3/h7-8H,5-6,14H2,1-4H3. The molecule has 2 N–H and O–H groups in total. The van der Waals surface area contributed by atoms with Crippen molar-refractivity contribution in [3.05, 3.63) is 23.7 Å². The van der Waals surface area contributed by atoms with Gasteiger partial charge in [0, 0.05) is 27.3 Å². The number of hydrogen-bond donors (Lipinski definition) is 1. The van der Waals surface area contributed by atoms with Gasteiger partial charge in [-0.2, -0.15) is 10.2 Å². The van der Waals surface area contributed by atoms with Crippen LogP contribution in [0.2, 0.25) is 0 Å². The molecule has 0 aromatic carbocycles. The zero-order chi connectivity index (χ0) is 14.9. The first-order chi connectivity index (χ1) is 9.45. The highest BCUT2D eigenvalue weighted by atomic mass is 16.2. The second kappa shape index (κ2) is 5.36. The predicted molar refractivity (Wildman–Crippen MR) is 76.8 cm³/mol. The number of nitrogen functional groups attached to an aromatic ring is 1. The second-order valence-electron chi connectivity index (χ2n) is 4.90. The van der Waals surface area contributed by atoms with Crippen LogP contribution in [0.1, 0.15) is 29.5 Å². The Balaban J connectivity index is 2.40. The molecule has 0 radical (unpaired) electrons. The Hall–Kier alpha value is -2.31. The fraction of sp³-hybridized carbons (Fsp3) is 0.462. The van der Waals surface area contributed by atoms with Crippen molar-refractivity contribution in [1.29, 1.82) is 0 Å². The lowest BCUT2D eigenvalue weighted by Crippen LogP contribution is -2.22. The van der Waals surface area contributed by atoms with E-state index < -0.39 is 0 Å². The van der Waals surface area contributed by atoms with Crippen LogP contribution in [0.3, 0.4) is 0 Å². The topological polar surface area (TPSA) is 82.0 Å². The van der Waals surface area contributed by atoms with Crippen molar-refractivity contribution in [1.82, 2.24) is 24.5 Å². The molecule has 0 atom stereocenters. The maximum absolute atomic E-state index is 11.9. The molecule has 0 aliphatic carbocycles. The maximum atomic E-state index is 11.9. The smallest absolute Gasteiger partial charge is 0.273 e. The molecule has 0 aliphatic heterocycles. The third-order valence-electron chi connectivity index (χ3n) is 3.05. The van der Waals surface area contributed by atoms with Gasteiger partial charge in [0.05, 0.1) is 5.69 Å². The Bertz CT molecular complexity index is 625. The van der Waals surface area contributed by atoms with E-state index in [0.29, 0.717) is 17.2 Å². The van der Waals surface area contributed by atoms with Gasteiger partial charge in [0.15, 0.2) is 11.5 Å². The van der Waals surface area contributed by atoms with Gasteiger partial charge in [-0.25, -0.2) is 9.36 Å². The number of nitrogens with zero attached hydrogens (tertiary/aromatic N) is 5. The first-order valence-electron chi connectivity index (χ1n) is 6.54. The van der Waals surface area contributed by atoms with Crippen LogP contribution in [0, 0.1) is 0 Å². The van der Waals surface area contributed by atoms with Crippen molar-refractivity contribution < 1.29 is 4.79 Å². The summed E-state index contributed by atoms with van der Waals surface area (Å²) in [4.78, 5) is 13.4. The largest absolute Gasteiger partial charge is 0.394 e. The van der Waals surface area contributed by atoms with Gasteiger partial charge in [0.2, 0.25) is 0 Å². The van der Waals surface area contributed by atoms with Crippen molar-refractivity contribution in [2.45, 2.75) is 19.8 Å². The van der Waals surface area contributed by atoms with Gasteiger partial charge in [-0.3, -0.25) is 4.79 Å². The van der Waals surface area contributed by atoms with E-state index in [2.05, 4.69) is 17.1 Å². The van der Waals surface area contributed by atoms with Crippen molar-refractivity contribution in [3.63, 3.8) is 0 Å². The van der Waals surface area contributed by atoms with Crippen LogP contribution in [0.5, 0.6) is 0 Å². The zero-order valence-electron chi connectivity index (χ0n) is 12.3. The van der Waals surface area contributed by atoms with Gasteiger partial charge >= 0.3 is 0 Å². The second-order valence-corrected chi connectivity index (χ2v) is 4.90. The Morgan fingerprint density at radius 2 is 2.10 bits per heavy atom. The molecule has 0 unspecified atom stereocenters. The monoisotopic (exact) mass is 276 g/mol. The fourth-order valence-corrected chi connectivity index (χ4v) is 2.06. The SMILES string of the molecule is CCCc1nn(C)c(-n2ccc(C(=O)N(C)C)n2)c1N. The molecule has 0 bridgehead atoms. The minimum absolute atomic E-state index is 0.140. The van der Waals surface area contributed by atoms with E-state index in [0.717, 1.165) is 18.5 Å². The van der Waals surface area contributed by atoms with E-state index in [1.165, 1.54) is 4.90 Å². The average molecular weight is 276 g/mol. The number of hydrogen-bond acceptors (Lipinski definition) is 4. The number of aromatic nitrogens is 4. The third-order valence-corrected chi connectivity index (χ3v) is 3.05. The molecule has 7 heteroatoms. The highest BCUT2D eigenvalue weighted by Gasteiger charge is 2.17. The molecule has 2 heterocycles. The number of nitrogens with two attached hydrogens (primary N) is 1. The molecule has 108 valence electrons. The van der Waals surface area contributed by atoms with E-state index in [1.807, 2.05) is 7.05 Å². The molecule has 0 saturated carbocycles. The van der Waals surface area contributed by atoms with Crippen LogP contribution in [0.4, 0.5) is 5.69 Å². The lowest BCUT2D eigenvalue weighted by molar-refractivity contribution is 0.0821. The third kappa shape index (κ3) is 2.38. The summed E-state index contributed by atoms with van der Waals surface area (Å²) in [5, 5.41) is 8.68. The quantitative estimate of drug-likeness (QED) is 0.897. The van der Waals surface area contributed by atoms with Gasteiger partial charge < -0.3 is 10.6 Å². The molecular weight excluding hydrogens is 256 g/mol. The Morgan fingerprint density at radius 1 is 1.40 bits per heavy atom. The van der Waals surface area contributed by atoms with Crippen LogP contribution >= 0.6 is 0 Å². The molecular formula is C13H20N6O. The molecule has 0 aliphatic rings. The molecule has 1 amide bonds. The van der Waals surface area contributed by atoms with Gasteiger partial charge in [-0.1, -0.05) is 13.3 Å². The number of aryl methyl sites for hydroxylation is 2. The molecule has 20 heavy (non-hydrogen) atoms. The number of anilines is 1. The van der Waals surface area contributed by atoms with E-state index in [-0.39, 0.29) is 5.91 Å². The molecule has 2 aromatic rings. The Labute approximate surface area is 118 Å². The summed E-state index contributed by atoms with van der Waals surface area (Å²) in [6.45, 7) is 2.08. The van der Waals surface area contributed by atoms with Gasteiger partial charge in [0.1, 0.15) is 5.69 Å². The molecule has 7 nitrogen and oxygen atoms in total. The van der Waals surface area contributed by atoms with Crippen LogP contribution in [-0.4, -0.2) is 44.5 Å². The zero-order valence-corrected chi connectivity index (χ0v) is 12.3. The predicted octanol–water partition coefficient (Wildman–Crippen LogP) is 0.842. The van der Waals surface area contributed by atoms with Gasteiger partial charge in [-0.15, -0.1) is 0 Å². The number of amides is 1. The van der Waals surface area contributed by atoms with E-state index in [9.17, 15) is 4.79 Å². The summed E-state index contributed by atoms with van der Waals surface area (Å²) < 4.78 is 3.29. The molecule has 0 fully saturated rings. The number of carbonyl (C=O) groups is 1. The lowest BCUT2D eigenvalue weighted by Gasteiger charge is -2.07. The number of carbonyl (C=O) groups excluding carboxylic acids is 1. The highest BCUT2D eigenvalue weighted by Crippen LogP contribution is 2.21. The highest BCUT2D eigenvalue weighted by molar-refractivity contribution is 5.91. The maximum Gasteiger partial charge on any atom is 0.273 e. The van der Waals surface area contributed by atoms with Crippen LogP contribution in [0.15, 0.2) is 12.3 Å². The first-order valence-corrected chi connectivity index (χ1v) is 6.54. The first kappa shape index (κ1) is 14.1. The van der Waals surface area contributed by atoms with E-state index >= 15 is 0 Å². The average Bonchev–Trinajstić information content (AvgIpc) is 2.95. The van der Waals surface area contributed by atoms with Crippen molar-refractivity contribution >= 4 is 11.6 Å².